The van der Waals surface area contributed by atoms with Gasteiger partial charge in [0.1, 0.15) is 5.75 Å². The van der Waals surface area contributed by atoms with Crippen LogP contribution < -0.4 is 5.73 Å². The van der Waals surface area contributed by atoms with Crippen molar-refractivity contribution in [3.05, 3.63) is 72.8 Å². The lowest BCUT2D eigenvalue weighted by molar-refractivity contribution is 0.482. The molecule has 0 aliphatic heterocycles. The molecule has 114 valence electrons. The van der Waals surface area contributed by atoms with E-state index < -0.39 is 0 Å². The fourth-order valence-electron chi connectivity index (χ4n) is 3.77. The van der Waals surface area contributed by atoms with Crippen LogP contribution in [0.1, 0.15) is 0 Å². The molecule has 0 atom stereocenters. The van der Waals surface area contributed by atoms with Gasteiger partial charge in [-0.3, -0.25) is 0 Å². The van der Waals surface area contributed by atoms with Crippen LogP contribution in [0.3, 0.4) is 0 Å². The third-order valence-electron chi connectivity index (χ3n) is 4.91. The molecule has 0 spiro atoms. The second kappa shape index (κ2) is 4.62. The number of aromatic hydroxyl groups is 1. The quantitative estimate of drug-likeness (QED) is 0.222. The Morgan fingerprint density at radius 3 is 2.04 bits per heavy atom. The zero-order chi connectivity index (χ0) is 16.3. The molecule has 24 heavy (non-hydrogen) atoms. The van der Waals surface area contributed by atoms with Crippen LogP contribution in [0.2, 0.25) is 0 Å². The summed E-state index contributed by atoms with van der Waals surface area (Å²) in [5, 5.41) is 19.0. The first-order valence-corrected chi connectivity index (χ1v) is 7.98. The average Bonchev–Trinajstić information content (AvgIpc) is 2.63. The van der Waals surface area contributed by atoms with Gasteiger partial charge in [0.25, 0.3) is 0 Å². The lowest BCUT2D eigenvalue weighted by Crippen LogP contribution is -1.89. The van der Waals surface area contributed by atoms with E-state index in [1.807, 2.05) is 6.07 Å². The van der Waals surface area contributed by atoms with E-state index in [4.69, 9.17) is 5.73 Å². The second-order valence-electron chi connectivity index (χ2n) is 6.20. The molecule has 5 rings (SSSR count). The largest absolute Gasteiger partial charge is 0.507 e. The summed E-state index contributed by atoms with van der Waals surface area (Å²) in [4.78, 5) is 0. The number of anilines is 1. The molecule has 0 aliphatic rings. The summed E-state index contributed by atoms with van der Waals surface area (Å²) in [7, 11) is 0. The Balaban J connectivity index is 2.04. The number of benzene rings is 5. The van der Waals surface area contributed by atoms with Crippen molar-refractivity contribution in [1.29, 1.82) is 0 Å². The molecule has 0 fully saturated rings. The molecule has 2 heteroatoms. The van der Waals surface area contributed by atoms with Crippen molar-refractivity contribution in [3.8, 4) is 5.75 Å². The molecule has 0 aromatic heterocycles. The highest BCUT2D eigenvalue weighted by Crippen LogP contribution is 2.39. The van der Waals surface area contributed by atoms with E-state index in [9.17, 15) is 5.11 Å². The fraction of sp³-hybridized carbons (Fsp3) is 0. The molecule has 0 saturated heterocycles. The molecule has 0 heterocycles. The minimum absolute atomic E-state index is 0.264. The zero-order valence-electron chi connectivity index (χ0n) is 13.0. The molecule has 0 bridgehead atoms. The van der Waals surface area contributed by atoms with Crippen LogP contribution in [-0.4, -0.2) is 5.11 Å². The Bertz CT molecular complexity index is 1270. The molecule has 3 N–H and O–H groups in total. The maximum absolute atomic E-state index is 10.2. The topological polar surface area (TPSA) is 46.2 Å². The molecule has 0 aliphatic carbocycles. The summed E-state index contributed by atoms with van der Waals surface area (Å²) in [6, 6.07) is 24.5. The number of phenolic OH excluding ortho intramolecular Hbond substituents is 1. The van der Waals surface area contributed by atoms with Crippen molar-refractivity contribution in [2.75, 3.05) is 5.73 Å². The predicted molar refractivity (Wildman–Crippen MR) is 103 cm³/mol. The van der Waals surface area contributed by atoms with Crippen molar-refractivity contribution < 1.29 is 5.11 Å². The number of nitrogens with two attached hydrogens (primary N) is 1. The summed E-state index contributed by atoms with van der Waals surface area (Å²) in [6.07, 6.45) is 0. The van der Waals surface area contributed by atoms with Crippen LogP contribution in [0.4, 0.5) is 5.69 Å². The fourth-order valence-corrected chi connectivity index (χ4v) is 3.77. The smallest absolute Gasteiger partial charge is 0.123 e. The standard InChI is InChI=1S/C22H15NO/c23-20-11-12-21(24)19-10-8-17-16-6-5-13-3-1-2-4-14(13)15(16)7-9-18(17)22(19)20/h1-12,24H,23H2. The van der Waals surface area contributed by atoms with Gasteiger partial charge in [0, 0.05) is 16.5 Å². The summed E-state index contributed by atoms with van der Waals surface area (Å²) in [5.41, 5.74) is 6.90. The van der Waals surface area contributed by atoms with Crippen molar-refractivity contribution in [3.63, 3.8) is 0 Å². The zero-order valence-corrected chi connectivity index (χ0v) is 13.0. The van der Waals surface area contributed by atoms with Crippen LogP contribution in [0.25, 0.3) is 43.1 Å². The van der Waals surface area contributed by atoms with E-state index in [-0.39, 0.29) is 5.75 Å². The number of fused-ring (bicyclic) bond motifs is 7. The van der Waals surface area contributed by atoms with Crippen molar-refractivity contribution in [1.82, 2.24) is 0 Å². The van der Waals surface area contributed by atoms with Gasteiger partial charge in [0.15, 0.2) is 0 Å². The van der Waals surface area contributed by atoms with Crippen LogP contribution in [0.5, 0.6) is 5.75 Å². The summed E-state index contributed by atoms with van der Waals surface area (Å²) in [6.45, 7) is 0. The normalized spacial score (nSPS) is 11.7. The van der Waals surface area contributed by atoms with Gasteiger partial charge in [-0.2, -0.15) is 0 Å². The number of nitrogen functional groups attached to an aromatic ring is 1. The van der Waals surface area contributed by atoms with Crippen LogP contribution >= 0.6 is 0 Å². The van der Waals surface area contributed by atoms with Crippen LogP contribution in [-0.2, 0) is 0 Å². The Morgan fingerprint density at radius 2 is 1.17 bits per heavy atom. The number of hydrogen-bond acceptors (Lipinski definition) is 2. The van der Waals surface area contributed by atoms with Gasteiger partial charge in [-0.25, -0.2) is 0 Å². The predicted octanol–water partition coefficient (Wildman–Crippen LogP) is 5.59. The molecule has 0 unspecified atom stereocenters. The number of rotatable bonds is 0. The maximum atomic E-state index is 10.2. The monoisotopic (exact) mass is 309 g/mol. The van der Waals surface area contributed by atoms with Crippen molar-refractivity contribution in [2.45, 2.75) is 0 Å². The third-order valence-corrected chi connectivity index (χ3v) is 4.91. The first-order valence-electron chi connectivity index (χ1n) is 7.98. The van der Waals surface area contributed by atoms with Gasteiger partial charge in [-0.1, -0.05) is 54.6 Å². The Labute approximate surface area is 138 Å². The Morgan fingerprint density at radius 1 is 0.542 bits per heavy atom. The molecular weight excluding hydrogens is 294 g/mol. The van der Waals surface area contributed by atoms with E-state index >= 15 is 0 Å². The molecule has 0 amide bonds. The molecule has 5 aromatic rings. The molecule has 0 radical (unpaired) electrons. The van der Waals surface area contributed by atoms with Gasteiger partial charge in [-0.05, 0) is 50.5 Å². The van der Waals surface area contributed by atoms with Gasteiger partial charge in [0.05, 0.1) is 0 Å². The minimum Gasteiger partial charge on any atom is -0.507 e. The molecular formula is C22H15NO. The van der Waals surface area contributed by atoms with Crippen molar-refractivity contribution >= 4 is 48.8 Å². The first kappa shape index (κ1) is 13.2. The van der Waals surface area contributed by atoms with Gasteiger partial charge < -0.3 is 10.8 Å². The Hall–Kier alpha value is -3.26. The van der Waals surface area contributed by atoms with E-state index in [1.54, 1.807) is 12.1 Å². The highest BCUT2D eigenvalue weighted by molar-refractivity contribution is 6.24. The SMILES string of the molecule is Nc1ccc(O)c2ccc3c4ccc5ccccc5c4ccc3c12. The molecule has 0 saturated carbocycles. The average molecular weight is 309 g/mol. The van der Waals surface area contributed by atoms with Crippen molar-refractivity contribution in [2.24, 2.45) is 0 Å². The van der Waals surface area contributed by atoms with Gasteiger partial charge >= 0.3 is 0 Å². The lowest BCUT2D eigenvalue weighted by atomic mass is 9.93. The van der Waals surface area contributed by atoms with Crippen LogP contribution in [0.15, 0.2) is 72.8 Å². The number of hydrogen-bond donors (Lipinski definition) is 2. The summed E-state index contributed by atoms with van der Waals surface area (Å²) < 4.78 is 0. The lowest BCUT2D eigenvalue weighted by Gasteiger charge is -2.12. The maximum Gasteiger partial charge on any atom is 0.123 e. The minimum atomic E-state index is 0.264. The second-order valence-corrected chi connectivity index (χ2v) is 6.20. The van der Waals surface area contributed by atoms with E-state index in [2.05, 4.69) is 54.6 Å². The highest BCUT2D eigenvalue weighted by atomic mass is 16.3. The molecule has 2 nitrogen and oxygen atoms in total. The Kier molecular flexibility index (Phi) is 2.54. The van der Waals surface area contributed by atoms with Gasteiger partial charge in [0.2, 0.25) is 0 Å². The summed E-state index contributed by atoms with van der Waals surface area (Å²) in [5.74, 6) is 0.264. The highest BCUT2D eigenvalue weighted by Gasteiger charge is 2.10. The van der Waals surface area contributed by atoms with Crippen LogP contribution in [0, 0.1) is 0 Å². The van der Waals surface area contributed by atoms with E-state index in [1.165, 1.54) is 21.5 Å². The molecule has 5 aromatic carbocycles. The first-order chi connectivity index (χ1) is 11.7. The third kappa shape index (κ3) is 1.65. The van der Waals surface area contributed by atoms with Gasteiger partial charge in [-0.15, -0.1) is 0 Å². The van der Waals surface area contributed by atoms with E-state index in [0.29, 0.717) is 5.69 Å². The van der Waals surface area contributed by atoms with E-state index in [0.717, 1.165) is 21.5 Å². The number of phenols is 1. The summed E-state index contributed by atoms with van der Waals surface area (Å²) >= 11 is 0.